The van der Waals surface area contributed by atoms with Crippen molar-refractivity contribution in [1.29, 1.82) is 5.26 Å². The Morgan fingerprint density at radius 2 is 1.89 bits per heavy atom. The molecule has 7 heteroatoms. The maximum Gasteiger partial charge on any atom is 0.263 e. The summed E-state index contributed by atoms with van der Waals surface area (Å²) in [5.41, 5.74) is 0.750. The Balaban J connectivity index is 1.91. The number of nitriles is 1. The van der Waals surface area contributed by atoms with E-state index < -0.39 is 11.5 Å². The van der Waals surface area contributed by atoms with Gasteiger partial charge in [0, 0.05) is 16.2 Å². The van der Waals surface area contributed by atoms with E-state index in [0.717, 1.165) is 5.56 Å². The van der Waals surface area contributed by atoms with Crippen LogP contribution in [0.2, 0.25) is 10.0 Å². The minimum Gasteiger partial charge on any atom is -0.321 e. The fourth-order valence-electron chi connectivity index (χ4n) is 2.55. The highest BCUT2D eigenvalue weighted by Crippen LogP contribution is 2.21. The van der Waals surface area contributed by atoms with Gasteiger partial charge in [-0.15, -0.1) is 0 Å². The Kier molecular flexibility index (Phi) is 5.60. The average Bonchev–Trinajstić information content (AvgIpc) is 2.65. The van der Waals surface area contributed by atoms with E-state index in [1.807, 2.05) is 18.2 Å². The lowest BCUT2D eigenvalue weighted by Gasteiger charge is -2.11. The number of carbonyl (C=O) groups excluding carboxylic acids is 1. The van der Waals surface area contributed by atoms with Gasteiger partial charge in [0.15, 0.2) is 0 Å². The number of nitrogens with one attached hydrogen (secondary N) is 1. The number of hydrogen-bond acceptors (Lipinski definition) is 3. The first-order valence-electron chi connectivity index (χ1n) is 7.93. The maximum atomic E-state index is 12.7. The van der Waals surface area contributed by atoms with Gasteiger partial charge < -0.3 is 9.88 Å². The molecule has 0 bridgehead atoms. The van der Waals surface area contributed by atoms with Gasteiger partial charge in [0.05, 0.1) is 17.8 Å². The second kappa shape index (κ2) is 8.09. The molecule has 3 rings (SSSR count). The Bertz CT molecular complexity index is 1120. The van der Waals surface area contributed by atoms with Crippen molar-refractivity contribution in [1.82, 2.24) is 4.57 Å². The number of rotatable bonds is 4. The van der Waals surface area contributed by atoms with Crippen LogP contribution in [0.3, 0.4) is 0 Å². The van der Waals surface area contributed by atoms with Crippen molar-refractivity contribution in [3.63, 3.8) is 0 Å². The van der Waals surface area contributed by atoms with Crippen molar-refractivity contribution in [3.05, 3.63) is 97.9 Å². The number of amides is 1. The molecule has 0 saturated carbocycles. The Morgan fingerprint density at radius 3 is 2.63 bits per heavy atom. The predicted molar refractivity (Wildman–Crippen MR) is 105 cm³/mol. The molecule has 27 heavy (non-hydrogen) atoms. The molecule has 3 aromatic rings. The highest BCUT2D eigenvalue weighted by Gasteiger charge is 2.15. The first-order valence-corrected chi connectivity index (χ1v) is 8.69. The quantitative estimate of drug-likeness (QED) is 0.711. The average molecular weight is 398 g/mol. The molecule has 1 N–H and O–H groups in total. The van der Waals surface area contributed by atoms with E-state index >= 15 is 0 Å². The van der Waals surface area contributed by atoms with E-state index in [0.29, 0.717) is 10.0 Å². The molecule has 0 spiro atoms. The van der Waals surface area contributed by atoms with Gasteiger partial charge >= 0.3 is 0 Å². The summed E-state index contributed by atoms with van der Waals surface area (Å²) in [7, 11) is 0. The highest BCUT2D eigenvalue weighted by molar-refractivity contribution is 6.31. The molecule has 5 nitrogen and oxygen atoms in total. The summed E-state index contributed by atoms with van der Waals surface area (Å²) in [5.74, 6) is -0.618. The number of hydrogen-bond donors (Lipinski definition) is 1. The predicted octanol–water partition coefficient (Wildman–Crippen LogP) is 4.33. The van der Waals surface area contributed by atoms with Crippen LogP contribution in [0.25, 0.3) is 0 Å². The third kappa shape index (κ3) is 4.20. The van der Waals surface area contributed by atoms with Crippen LogP contribution in [0, 0.1) is 11.3 Å². The minimum atomic E-state index is -0.618. The first-order chi connectivity index (χ1) is 13.0. The number of carbonyl (C=O) groups is 1. The van der Waals surface area contributed by atoms with Crippen molar-refractivity contribution < 1.29 is 4.79 Å². The summed E-state index contributed by atoms with van der Waals surface area (Å²) in [4.78, 5) is 25.3. The van der Waals surface area contributed by atoms with E-state index in [9.17, 15) is 9.59 Å². The first kappa shape index (κ1) is 18.7. The Labute approximate surface area is 165 Å². The topological polar surface area (TPSA) is 74.9 Å². The van der Waals surface area contributed by atoms with Crippen LogP contribution >= 0.6 is 23.2 Å². The smallest absolute Gasteiger partial charge is 0.263 e. The molecule has 1 heterocycles. The summed E-state index contributed by atoms with van der Waals surface area (Å²) in [6.45, 7) is 0.236. The normalized spacial score (nSPS) is 10.3. The van der Waals surface area contributed by atoms with Crippen LogP contribution < -0.4 is 10.9 Å². The van der Waals surface area contributed by atoms with E-state index in [1.165, 1.54) is 22.8 Å². The number of anilines is 1. The van der Waals surface area contributed by atoms with Crippen LogP contribution in [0.1, 0.15) is 21.5 Å². The third-order valence-corrected chi connectivity index (χ3v) is 4.52. The molecule has 0 aliphatic carbocycles. The summed E-state index contributed by atoms with van der Waals surface area (Å²) in [6.07, 6.45) is 1.59. The standard InChI is InChI=1S/C20H13Cl2N3O2/c21-15-8-7-13(11-23)18(10-15)24-19(26)16-5-3-9-25(20(16)27)12-14-4-1-2-6-17(14)22/h1-10H,12H2,(H,24,26). The highest BCUT2D eigenvalue weighted by atomic mass is 35.5. The zero-order valence-electron chi connectivity index (χ0n) is 13.9. The zero-order valence-corrected chi connectivity index (χ0v) is 15.5. The number of halogens is 2. The summed E-state index contributed by atoms with van der Waals surface area (Å²) in [6, 6.07) is 16.7. The van der Waals surface area contributed by atoms with E-state index in [1.54, 1.807) is 30.5 Å². The summed E-state index contributed by atoms with van der Waals surface area (Å²) < 4.78 is 1.40. The molecule has 0 radical (unpaired) electrons. The van der Waals surface area contributed by atoms with Crippen LogP contribution in [-0.4, -0.2) is 10.5 Å². The zero-order chi connectivity index (χ0) is 19.4. The van der Waals surface area contributed by atoms with Crippen molar-refractivity contribution in [3.8, 4) is 6.07 Å². The molecule has 0 aliphatic heterocycles. The minimum absolute atomic E-state index is 0.0478. The Hall–Kier alpha value is -3.07. The fourth-order valence-corrected chi connectivity index (χ4v) is 2.92. The molecule has 1 aromatic heterocycles. The lowest BCUT2D eigenvalue weighted by Crippen LogP contribution is -2.29. The second-order valence-electron chi connectivity index (χ2n) is 5.70. The lowest BCUT2D eigenvalue weighted by molar-refractivity contribution is 0.102. The summed E-state index contributed by atoms with van der Waals surface area (Å²) >= 11 is 12.1. The molecular formula is C20H13Cl2N3O2. The monoisotopic (exact) mass is 397 g/mol. The molecular weight excluding hydrogens is 385 g/mol. The third-order valence-electron chi connectivity index (χ3n) is 3.91. The molecule has 134 valence electrons. The van der Waals surface area contributed by atoms with Crippen molar-refractivity contribution in [2.45, 2.75) is 6.54 Å². The van der Waals surface area contributed by atoms with E-state index in [2.05, 4.69) is 5.32 Å². The largest absolute Gasteiger partial charge is 0.321 e. The number of pyridine rings is 1. The molecule has 0 fully saturated rings. The lowest BCUT2D eigenvalue weighted by atomic mass is 10.1. The SMILES string of the molecule is N#Cc1ccc(Cl)cc1NC(=O)c1cccn(Cc2ccccc2Cl)c1=O. The number of nitrogens with zero attached hydrogens (tertiary/aromatic N) is 2. The molecule has 0 unspecified atom stereocenters. The van der Waals surface area contributed by atoms with Gasteiger partial charge in [-0.1, -0.05) is 41.4 Å². The van der Waals surface area contributed by atoms with Crippen LogP contribution in [0.4, 0.5) is 5.69 Å². The van der Waals surface area contributed by atoms with Crippen LogP contribution in [0.15, 0.2) is 65.6 Å². The molecule has 2 aromatic carbocycles. The number of aromatic nitrogens is 1. The van der Waals surface area contributed by atoms with Gasteiger partial charge in [0.2, 0.25) is 0 Å². The summed E-state index contributed by atoms with van der Waals surface area (Å²) in [5, 5.41) is 12.6. The molecule has 1 amide bonds. The van der Waals surface area contributed by atoms with Crippen molar-refractivity contribution in [2.24, 2.45) is 0 Å². The van der Waals surface area contributed by atoms with Crippen LogP contribution in [0.5, 0.6) is 0 Å². The van der Waals surface area contributed by atoms with Crippen molar-refractivity contribution >= 4 is 34.8 Å². The maximum absolute atomic E-state index is 12.7. The molecule has 0 aliphatic rings. The molecule has 0 saturated heterocycles. The van der Waals surface area contributed by atoms with Crippen molar-refractivity contribution in [2.75, 3.05) is 5.32 Å². The fraction of sp³-hybridized carbons (Fsp3) is 0.0500. The van der Waals surface area contributed by atoms with E-state index in [4.69, 9.17) is 28.5 Å². The van der Waals surface area contributed by atoms with E-state index in [-0.39, 0.29) is 23.4 Å². The second-order valence-corrected chi connectivity index (χ2v) is 6.55. The van der Waals surface area contributed by atoms with Gasteiger partial charge in [0.1, 0.15) is 11.6 Å². The van der Waals surface area contributed by atoms with Gasteiger partial charge in [-0.05, 0) is 42.0 Å². The van der Waals surface area contributed by atoms with Crippen LogP contribution in [-0.2, 0) is 6.54 Å². The molecule has 0 atom stereocenters. The Morgan fingerprint density at radius 1 is 1.11 bits per heavy atom. The van der Waals surface area contributed by atoms with Gasteiger partial charge in [-0.25, -0.2) is 0 Å². The van der Waals surface area contributed by atoms with Gasteiger partial charge in [-0.3, -0.25) is 9.59 Å². The van der Waals surface area contributed by atoms with Gasteiger partial charge in [-0.2, -0.15) is 5.26 Å². The van der Waals surface area contributed by atoms with Gasteiger partial charge in [0.25, 0.3) is 11.5 Å². The number of benzene rings is 2.